The zero-order valence-electron chi connectivity index (χ0n) is 9.60. The smallest absolute Gasteiger partial charge is 0.355 e. The molecular weight excluding hydrogens is 219 g/mol. The van der Waals surface area contributed by atoms with Crippen molar-refractivity contribution in [3.8, 4) is 0 Å². The fraction of sp³-hybridized carbons (Fsp3) is 0.700. The number of alkyl halides is 3. The van der Waals surface area contributed by atoms with Crippen molar-refractivity contribution in [2.24, 2.45) is 5.92 Å². The van der Waals surface area contributed by atoms with Gasteiger partial charge in [0.2, 0.25) is 5.95 Å². The van der Waals surface area contributed by atoms with Crippen LogP contribution in [0, 0.1) is 12.8 Å². The zero-order chi connectivity index (χ0) is 12.3. The summed E-state index contributed by atoms with van der Waals surface area (Å²) in [6.07, 6.45) is -2.82. The summed E-state index contributed by atoms with van der Waals surface area (Å²) >= 11 is 0. The van der Waals surface area contributed by atoms with Gasteiger partial charge in [-0.05, 0) is 12.8 Å². The van der Waals surface area contributed by atoms with Crippen molar-refractivity contribution in [2.45, 2.75) is 33.5 Å². The Balaban J connectivity index is 2.75. The first-order valence-corrected chi connectivity index (χ1v) is 5.12. The van der Waals surface area contributed by atoms with Crippen molar-refractivity contribution < 1.29 is 13.2 Å². The van der Waals surface area contributed by atoms with E-state index in [4.69, 9.17) is 0 Å². The van der Waals surface area contributed by atoms with Crippen LogP contribution in [0.25, 0.3) is 0 Å². The van der Waals surface area contributed by atoms with E-state index < -0.39 is 12.7 Å². The summed E-state index contributed by atoms with van der Waals surface area (Å²) in [5.41, 5.74) is 0.579. The molecule has 0 unspecified atom stereocenters. The van der Waals surface area contributed by atoms with E-state index in [0.29, 0.717) is 18.2 Å². The van der Waals surface area contributed by atoms with E-state index in [-0.39, 0.29) is 5.95 Å². The van der Waals surface area contributed by atoms with Gasteiger partial charge in [-0.25, -0.2) is 4.98 Å². The fourth-order valence-electron chi connectivity index (χ4n) is 1.30. The number of aromatic nitrogens is 2. The van der Waals surface area contributed by atoms with E-state index in [0.717, 1.165) is 4.57 Å². The molecule has 1 N–H and O–H groups in total. The third kappa shape index (κ3) is 4.12. The van der Waals surface area contributed by atoms with Crippen molar-refractivity contribution in [2.75, 3.05) is 11.9 Å². The number of hydrogen-bond acceptors (Lipinski definition) is 2. The topological polar surface area (TPSA) is 29.9 Å². The van der Waals surface area contributed by atoms with Crippen LogP contribution in [0.4, 0.5) is 19.1 Å². The zero-order valence-corrected chi connectivity index (χ0v) is 9.60. The largest absolute Gasteiger partial charge is 0.406 e. The first kappa shape index (κ1) is 12.9. The predicted octanol–water partition coefficient (Wildman–Crippen LogP) is 2.82. The summed E-state index contributed by atoms with van der Waals surface area (Å²) in [6.45, 7) is 5.24. The molecule has 92 valence electrons. The Labute approximate surface area is 92.7 Å². The lowest BCUT2D eigenvalue weighted by Crippen LogP contribution is -2.20. The number of nitrogens with one attached hydrogen (secondary N) is 1. The van der Waals surface area contributed by atoms with Gasteiger partial charge in [-0.3, -0.25) is 0 Å². The number of anilines is 1. The highest BCUT2D eigenvalue weighted by atomic mass is 19.4. The molecule has 0 bridgehead atoms. The first-order chi connectivity index (χ1) is 7.28. The van der Waals surface area contributed by atoms with Gasteiger partial charge in [-0.1, -0.05) is 13.8 Å². The van der Waals surface area contributed by atoms with Crippen LogP contribution in [0.1, 0.15) is 19.5 Å². The van der Waals surface area contributed by atoms with Gasteiger partial charge >= 0.3 is 6.18 Å². The monoisotopic (exact) mass is 235 g/mol. The summed E-state index contributed by atoms with van der Waals surface area (Å²) in [4.78, 5) is 4.02. The van der Waals surface area contributed by atoms with Crippen molar-refractivity contribution >= 4 is 5.95 Å². The number of nitrogens with zero attached hydrogens (tertiary/aromatic N) is 2. The molecule has 0 radical (unpaired) electrons. The molecule has 0 aliphatic heterocycles. The van der Waals surface area contributed by atoms with E-state index in [1.54, 1.807) is 6.92 Å². The summed E-state index contributed by atoms with van der Waals surface area (Å²) in [7, 11) is 0. The SMILES string of the molecule is Cc1cn(CC(F)(F)F)c(NCC(C)C)n1. The van der Waals surface area contributed by atoms with Gasteiger partial charge < -0.3 is 9.88 Å². The van der Waals surface area contributed by atoms with E-state index in [2.05, 4.69) is 10.3 Å². The molecule has 3 nitrogen and oxygen atoms in total. The molecule has 6 heteroatoms. The number of aryl methyl sites for hydroxylation is 1. The summed E-state index contributed by atoms with van der Waals surface area (Å²) in [5.74, 6) is 0.639. The molecule has 0 spiro atoms. The molecule has 1 aromatic rings. The van der Waals surface area contributed by atoms with Gasteiger partial charge in [0, 0.05) is 12.7 Å². The normalized spacial score (nSPS) is 12.2. The van der Waals surface area contributed by atoms with Crippen LogP contribution in [-0.4, -0.2) is 22.3 Å². The van der Waals surface area contributed by atoms with Crippen LogP contribution in [-0.2, 0) is 6.54 Å². The third-order valence-electron chi connectivity index (χ3n) is 1.92. The third-order valence-corrected chi connectivity index (χ3v) is 1.92. The van der Waals surface area contributed by atoms with Crippen molar-refractivity contribution in [3.63, 3.8) is 0 Å². The fourth-order valence-corrected chi connectivity index (χ4v) is 1.30. The average molecular weight is 235 g/mol. The van der Waals surface area contributed by atoms with Crippen molar-refractivity contribution in [1.82, 2.24) is 9.55 Å². The van der Waals surface area contributed by atoms with Crippen LogP contribution in [0.2, 0.25) is 0 Å². The molecule has 0 aliphatic carbocycles. The van der Waals surface area contributed by atoms with E-state index in [9.17, 15) is 13.2 Å². The maximum absolute atomic E-state index is 12.3. The lowest BCUT2D eigenvalue weighted by molar-refractivity contribution is -0.140. The van der Waals surface area contributed by atoms with Gasteiger partial charge in [0.15, 0.2) is 0 Å². The Morgan fingerprint density at radius 2 is 2.06 bits per heavy atom. The average Bonchev–Trinajstić information content (AvgIpc) is 2.39. The van der Waals surface area contributed by atoms with Crippen LogP contribution in [0.5, 0.6) is 0 Å². The highest BCUT2D eigenvalue weighted by Gasteiger charge is 2.29. The number of rotatable bonds is 4. The van der Waals surface area contributed by atoms with Crippen LogP contribution >= 0.6 is 0 Å². The summed E-state index contributed by atoms with van der Waals surface area (Å²) in [5, 5.41) is 2.91. The molecule has 0 aromatic carbocycles. The molecule has 1 heterocycles. The minimum absolute atomic E-state index is 0.281. The molecule has 0 amide bonds. The first-order valence-electron chi connectivity index (χ1n) is 5.12. The Hall–Kier alpha value is -1.20. The maximum Gasteiger partial charge on any atom is 0.406 e. The molecule has 0 atom stereocenters. The Bertz CT molecular complexity index is 342. The molecule has 1 rings (SSSR count). The molecule has 16 heavy (non-hydrogen) atoms. The minimum atomic E-state index is -4.22. The lowest BCUT2D eigenvalue weighted by Gasteiger charge is -2.12. The quantitative estimate of drug-likeness (QED) is 0.869. The minimum Gasteiger partial charge on any atom is -0.355 e. The molecule has 0 saturated heterocycles. The van der Waals surface area contributed by atoms with Crippen LogP contribution in [0.3, 0.4) is 0 Å². The van der Waals surface area contributed by atoms with E-state index in [1.165, 1.54) is 6.20 Å². The Morgan fingerprint density at radius 3 is 2.56 bits per heavy atom. The molecule has 1 aromatic heterocycles. The number of imidazole rings is 1. The van der Waals surface area contributed by atoms with Crippen molar-refractivity contribution in [3.05, 3.63) is 11.9 Å². The molecule has 0 fully saturated rings. The van der Waals surface area contributed by atoms with Crippen LogP contribution in [0.15, 0.2) is 6.20 Å². The van der Waals surface area contributed by atoms with Gasteiger partial charge in [-0.2, -0.15) is 13.2 Å². The summed E-state index contributed by atoms with van der Waals surface area (Å²) in [6, 6.07) is 0. The number of hydrogen-bond donors (Lipinski definition) is 1. The van der Waals surface area contributed by atoms with Gasteiger partial charge in [0.05, 0.1) is 5.69 Å². The molecular formula is C10H16F3N3. The number of halogens is 3. The standard InChI is InChI=1S/C10H16F3N3/c1-7(2)4-14-9-15-8(3)5-16(9)6-10(11,12)13/h5,7H,4,6H2,1-3H3,(H,14,15). The Kier molecular flexibility index (Phi) is 3.83. The maximum atomic E-state index is 12.3. The van der Waals surface area contributed by atoms with Gasteiger partial charge in [0.1, 0.15) is 6.54 Å². The summed E-state index contributed by atoms with van der Waals surface area (Å²) < 4.78 is 37.9. The van der Waals surface area contributed by atoms with Gasteiger partial charge in [-0.15, -0.1) is 0 Å². The second-order valence-corrected chi connectivity index (χ2v) is 4.22. The molecule has 0 saturated carbocycles. The van der Waals surface area contributed by atoms with E-state index >= 15 is 0 Å². The predicted molar refractivity (Wildman–Crippen MR) is 56.3 cm³/mol. The highest BCUT2D eigenvalue weighted by Crippen LogP contribution is 2.20. The Morgan fingerprint density at radius 1 is 1.44 bits per heavy atom. The van der Waals surface area contributed by atoms with E-state index in [1.807, 2.05) is 13.8 Å². The second-order valence-electron chi connectivity index (χ2n) is 4.22. The van der Waals surface area contributed by atoms with Gasteiger partial charge in [0.25, 0.3) is 0 Å². The second kappa shape index (κ2) is 4.76. The van der Waals surface area contributed by atoms with Crippen LogP contribution < -0.4 is 5.32 Å². The molecule has 0 aliphatic rings. The lowest BCUT2D eigenvalue weighted by atomic mass is 10.2. The highest BCUT2D eigenvalue weighted by molar-refractivity contribution is 5.28. The van der Waals surface area contributed by atoms with Crippen molar-refractivity contribution in [1.29, 1.82) is 0 Å².